The van der Waals surface area contributed by atoms with Crippen LogP contribution in [0.25, 0.3) is 0 Å². The summed E-state index contributed by atoms with van der Waals surface area (Å²) in [6.07, 6.45) is 1.64. The highest BCUT2D eigenvalue weighted by Gasteiger charge is 2.38. The molecule has 2 aliphatic rings. The van der Waals surface area contributed by atoms with Gasteiger partial charge < -0.3 is 15.4 Å². The first-order chi connectivity index (χ1) is 6.83. The largest absolute Gasteiger partial charge is 0.399 e. The predicted molar refractivity (Wildman–Crippen MR) is 56.3 cm³/mol. The Morgan fingerprint density at radius 3 is 2.64 bits per heavy atom. The van der Waals surface area contributed by atoms with E-state index < -0.39 is 0 Å². The summed E-state index contributed by atoms with van der Waals surface area (Å²) in [5.41, 5.74) is 7.76. The van der Waals surface area contributed by atoms with Crippen molar-refractivity contribution in [2.24, 2.45) is 0 Å². The molecule has 0 spiro atoms. The van der Waals surface area contributed by atoms with Crippen LogP contribution in [0.5, 0.6) is 0 Å². The Bertz CT molecular complexity index is 336. The van der Waals surface area contributed by atoms with E-state index in [1.165, 1.54) is 12.1 Å². The summed E-state index contributed by atoms with van der Waals surface area (Å²) in [5.74, 6) is 0. The van der Waals surface area contributed by atoms with Gasteiger partial charge in [0.15, 0.2) is 0 Å². The van der Waals surface area contributed by atoms with Gasteiger partial charge in [0, 0.05) is 17.9 Å². The minimum absolute atomic E-state index is 0.456. The van der Waals surface area contributed by atoms with Crippen LogP contribution in [0, 0.1) is 0 Å². The molecule has 1 aromatic rings. The molecule has 3 rings (SSSR count). The number of nitrogen functional groups attached to an aromatic ring is 1. The van der Waals surface area contributed by atoms with Gasteiger partial charge in [-0.1, -0.05) is 0 Å². The van der Waals surface area contributed by atoms with Crippen LogP contribution in [0.3, 0.4) is 0 Å². The highest BCUT2D eigenvalue weighted by atomic mass is 16.5. The lowest BCUT2D eigenvalue weighted by atomic mass is 10.2. The highest BCUT2D eigenvalue weighted by molar-refractivity contribution is 5.55. The van der Waals surface area contributed by atoms with Crippen molar-refractivity contribution >= 4 is 11.4 Å². The number of fused-ring (bicyclic) bond motifs is 2. The Balaban J connectivity index is 1.86. The van der Waals surface area contributed by atoms with Crippen LogP contribution in [0.4, 0.5) is 11.4 Å². The fourth-order valence-corrected chi connectivity index (χ4v) is 2.38. The first kappa shape index (κ1) is 8.12. The van der Waals surface area contributed by atoms with Crippen molar-refractivity contribution in [2.75, 3.05) is 23.8 Å². The lowest BCUT2D eigenvalue weighted by molar-refractivity contribution is 0.0991. The number of hydrogen-bond donors (Lipinski definition) is 1. The van der Waals surface area contributed by atoms with Gasteiger partial charge in [-0.3, -0.25) is 0 Å². The molecule has 3 heteroatoms. The molecule has 2 bridgehead atoms. The van der Waals surface area contributed by atoms with Crippen LogP contribution in [0.2, 0.25) is 0 Å². The van der Waals surface area contributed by atoms with Crippen molar-refractivity contribution in [3.05, 3.63) is 24.3 Å². The summed E-state index contributed by atoms with van der Waals surface area (Å²) < 4.78 is 5.56. The second-order valence-electron chi connectivity index (χ2n) is 4.09. The maximum atomic E-state index is 5.66. The smallest absolute Gasteiger partial charge is 0.0771 e. The van der Waals surface area contributed by atoms with Gasteiger partial charge >= 0.3 is 0 Å². The zero-order valence-corrected chi connectivity index (χ0v) is 8.02. The van der Waals surface area contributed by atoms with Gasteiger partial charge in [-0.25, -0.2) is 0 Å². The van der Waals surface area contributed by atoms with Gasteiger partial charge in [-0.15, -0.1) is 0 Å². The molecule has 0 aromatic heterocycles. The number of hydrogen-bond acceptors (Lipinski definition) is 3. The number of ether oxygens (including phenoxy) is 1. The van der Waals surface area contributed by atoms with Crippen LogP contribution < -0.4 is 10.6 Å². The zero-order chi connectivity index (χ0) is 9.54. The normalized spacial score (nSPS) is 29.9. The van der Waals surface area contributed by atoms with Crippen molar-refractivity contribution in [1.29, 1.82) is 0 Å². The van der Waals surface area contributed by atoms with Crippen LogP contribution in [-0.4, -0.2) is 25.3 Å². The number of benzene rings is 1. The molecule has 14 heavy (non-hydrogen) atoms. The Labute approximate surface area is 83.5 Å². The third kappa shape index (κ3) is 1.16. The van der Waals surface area contributed by atoms with Crippen molar-refractivity contribution in [3.8, 4) is 0 Å². The van der Waals surface area contributed by atoms with E-state index >= 15 is 0 Å². The molecule has 0 amide bonds. The van der Waals surface area contributed by atoms with Gasteiger partial charge in [-0.05, 0) is 30.7 Å². The van der Waals surface area contributed by atoms with Crippen LogP contribution in [0.15, 0.2) is 24.3 Å². The molecule has 74 valence electrons. The molecule has 0 radical (unpaired) electrons. The summed E-state index contributed by atoms with van der Waals surface area (Å²) in [5, 5.41) is 0. The van der Waals surface area contributed by atoms with Gasteiger partial charge in [0.2, 0.25) is 0 Å². The first-order valence-electron chi connectivity index (χ1n) is 5.07. The third-order valence-corrected chi connectivity index (χ3v) is 3.13. The van der Waals surface area contributed by atoms with E-state index in [4.69, 9.17) is 10.5 Å². The number of nitrogens with two attached hydrogens (primary N) is 1. The van der Waals surface area contributed by atoms with Crippen molar-refractivity contribution in [1.82, 2.24) is 0 Å². The Hall–Kier alpha value is -1.22. The standard InChI is InChI=1S/C11H14N2O/c12-8-1-3-9(4-2-8)13-6-11-5-10(13)7-14-11/h1-4,10-11H,5-7,12H2/t10-,11-/m1/s1. The van der Waals surface area contributed by atoms with E-state index in [0.29, 0.717) is 12.1 Å². The summed E-state index contributed by atoms with van der Waals surface area (Å²) in [7, 11) is 0. The molecule has 0 unspecified atom stereocenters. The molecule has 0 aliphatic carbocycles. The minimum Gasteiger partial charge on any atom is -0.399 e. The minimum atomic E-state index is 0.456. The fraction of sp³-hybridized carbons (Fsp3) is 0.455. The maximum absolute atomic E-state index is 5.66. The SMILES string of the molecule is Nc1ccc(N2C[C@H]3C[C@@H]2CO3)cc1. The average molecular weight is 190 g/mol. The molecule has 2 atom stereocenters. The fourth-order valence-electron chi connectivity index (χ4n) is 2.38. The van der Waals surface area contributed by atoms with E-state index in [2.05, 4.69) is 17.0 Å². The molecule has 2 N–H and O–H groups in total. The molecule has 2 fully saturated rings. The Morgan fingerprint density at radius 1 is 1.29 bits per heavy atom. The summed E-state index contributed by atoms with van der Waals surface area (Å²) in [6.45, 7) is 1.92. The number of morpholine rings is 1. The predicted octanol–water partition coefficient (Wildman–Crippen LogP) is 1.25. The summed E-state index contributed by atoms with van der Waals surface area (Å²) in [6, 6.07) is 8.69. The Morgan fingerprint density at radius 2 is 2.07 bits per heavy atom. The van der Waals surface area contributed by atoms with Gasteiger partial charge in [-0.2, -0.15) is 0 Å². The molecular formula is C11H14N2O. The first-order valence-corrected chi connectivity index (χ1v) is 5.07. The molecule has 2 aliphatic heterocycles. The van der Waals surface area contributed by atoms with E-state index in [9.17, 15) is 0 Å². The van der Waals surface area contributed by atoms with E-state index in [1.54, 1.807) is 0 Å². The quantitative estimate of drug-likeness (QED) is 0.677. The van der Waals surface area contributed by atoms with E-state index in [1.807, 2.05) is 12.1 Å². The molecule has 1 aromatic carbocycles. The third-order valence-electron chi connectivity index (χ3n) is 3.13. The lowest BCUT2D eigenvalue weighted by Crippen LogP contribution is -2.36. The highest BCUT2D eigenvalue weighted by Crippen LogP contribution is 2.32. The number of anilines is 2. The maximum Gasteiger partial charge on any atom is 0.0771 e. The topological polar surface area (TPSA) is 38.5 Å². The van der Waals surface area contributed by atoms with E-state index in [-0.39, 0.29) is 0 Å². The molecule has 2 heterocycles. The van der Waals surface area contributed by atoms with Crippen LogP contribution >= 0.6 is 0 Å². The zero-order valence-electron chi connectivity index (χ0n) is 8.02. The van der Waals surface area contributed by atoms with Crippen LogP contribution in [-0.2, 0) is 4.74 Å². The van der Waals surface area contributed by atoms with E-state index in [0.717, 1.165) is 18.8 Å². The second kappa shape index (κ2) is 2.89. The van der Waals surface area contributed by atoms with Crippen molar-refractivity contribution < 1.29 is 4.74 Å². The molecule has 3 nitrogen and oxygen atoms in total. The Kier molecular flexibility index (Phi) is 1.67. The summed E-state index contributed by atoms with van der Waals surface area (Å²) >= 11 is 0. The molecule has 2 saturated heterocycles. The monoisotopic (exact) mass is 190 g/mol. The van der Waals surface area contributed by atoms with Gasteiger partial charge in [0.25, 0.3) is 0 Å². The van der Waals surface area contributed by atoms with Gasteiger partial charge in [0.1, 0.15) is 0 Å². The molecular weight excluding hydrogens is 176 g/mol. The van der Waals surface area contributed by atoms with Crippen LogP contribution in [0.1, 0.15) is 6.42 Å². The van der Waals surface area contributed by atoms with Crippen molar-refractivity contribution in [3.63, 3.8) is 0 Å². The number of rotatable bonds is 1. The lowest BCUT2D eigenvalue weighted by Gasteiger charge is -2.28. The van der Waals surface area contributed by atoms with Crippen molar-refractivity contribution in [2.45, 2.75) is 18.6 Å². The second-order valence-corrected chi connectivity index (χ2v) is 4.09. The summed E-state index contributed by atoms with van der Waals surface area (Å²) in [4.78, 5) is 2.42. The molecule has 0 saturated carbocycles. The van der Waals surface area contributed by atoms with Gasteiger partial charge in [0.05, 0.1) is 18.8 Å². The number of nitrogens with zero attached hydrogens (tertiary/aromatic N) is 1. The average Bonchev–Trinajstić information content (AvgIpc) is 2.80.